The third-order valence-electron chi connectivity index (χ3n) is 2.79. The number of nitrogens with zero attached hydrogens (tertiary/aromatic N) is 1. The fourth-order valence-electron chi connectivity index (χ4n) is 1.83. The first-order valence-corrected chi connectivity index (χ1v) is 6.16. The van der Waals surface area contributed by atoms with E-state index in [9.17, 15) is 4.39 Å². The molecule has 0 saturated carbocycles. The number of rotatable bonds is 3. The Morgan fingerprint density at radius 3 is 2.83 bits per heavy atom. The summed E-state index contributed by atoms with van der Waals surface area (Å²) >= 11 is 5.68. The lowest BCUT2D eigenvalue weighted by Crippen LogP contribution is -2.01. The lowest BCUT2D eigenvalue weighted by atomic mass is 10.1. The first-order chi connectivity index (χ1) is 8.61. The van der Waals surface area contributed by atoms with Crippen molar-refractivity contribution < 1.29 is 4.39 Å². The van der Waals surface area contributed by atoms with Crippen molar-refractivity contribution in [1.82, 2.24) is 4.98 Å². The van der Waals surface area contributed by atoms with Gasteiger partial charge in [0.15, 0.2) is 11.6 Å². The van der Waals surface area contributed by atoms with Crippen LogP contribution in [0, 0.1) is 12.7 Å². The minimum Gasteiger partial charge on any atom is -0.337 e. The Morgan fingerprint density at radius 2 is 2.17 bits per heavy atom. The number of halogens is 2. The van der Waals surface area contributed by atoms with Crippen LogP contribution in [0.5, 0.6) is 0 Å². The highest BCUT2D eigenvalue weighted by atomic mass is 35.5. The van der Waals surface area contributed by atoms with Crippen LogP contribution in [0.2, 0.25) is 5.02 Å². The first-order valence-electron chi connectivity index (χ1n) is 5.78. The Morgan fingerprint density at radius 1 is 1.39 bits per heavy atom. The fraction of sp³-hybridized carbons (Fsp3) is 0.214. The molecule has 0 spiro atoms. The summed E-state index contributed by atoms with van der Waals surface area (Å²) in [5.74, 6) is -0.254. The highest BCUT2D eigenvalue weighted by Gasteiger charge is 2.09. The van der Waals surface area contributed by atoms with Crippen molar-refractivity contribution >= 4 is 23.1 Å². The molecule has 0 saturated heterocycles. The fourth-order valence-corrected chi connectivity index (χ4v) is 1.97. The summed E-state index contributed by atoms with van der Waals surface area (Å²) in [6, 6.07) is 7.24. The van der Waals surface area contributed by atoms with Crippen molar-refractivity contribution in [2.45, 2.75) is 20.3 Å². The van der Waals surface area contributed by atoms with Crippen molar-refractivity contribution in [2.24, 2.45) is 0 Å². The molecule has 0 aliphatic carbocycles. The van der Waals surface area contributed by atoms with E-state index in [4.69, 9.17) is 11.6 Å². The topological polar surface area (TPSA) is 24.9 Å². The maximum absolute atomic E-state index is 13.7. The van der Waals surface area contributed by atoms with Crippen LogP contribution in [-0.4, -0.2) is 4.98 Å². The molecule has 0 aliphatic heterocycles. The van der Waals surface area contributed by atoms with Crippen LogP contribution in [0.4, 0.5) is 15.9 Å². The summed E-state index contributed by atoms with van der Waals surface area (Å²) in [5.41, 5.74) is 3.10. The molecular formula is C14H14ClFN2. The molecule has 1 aromatic carbocycles. The normalized spacial score (nSPS) is 10.4. The van der Waals surface area contributed by atoms with Gasteiger partial charge in [0.05, 0.1) is 5.02 Å². The third kappa shape index (κ3) is 2.62. The monoisotopic (exact) mass is 264 g/mol. The van der Waals surface area contributed by atoms with E-state index >= 15 is 0 Å². The van der Waals surface area contributed by atoms with Gasteiger partial charge >= 0.3 is 0 Å². The molecule has 0 unspecified atom stereocenters. The van der Waals surface area contributed by atoms with E-state index in [1.165, 1.54) is 12.3 Å². The summed E-state index contributed by atoms with van der Waals surface area (Å²) < 4.78 is 13.7. The maximum Gasteiger partial charge on any atom is 0.167 e. The van der Waals surface area contributed by atoms with Crippen molar-refractivity contribution in [3.05, 3.63) is 52.4 Å². The Bertz CT molecular complexity index is 570. The third-order valence-corrected chi connectivity index (χ3v) is 3.00. The number of nitrogens with one attached hydrogen (secondary N) is 1. The van der Waals surface area contributed by atoms with Gasteiger partial charge in [-0.1, -0.05) is 36.7 Å². The van der Waals surface area contributed by atoms with E-state index in [0.29, 0.717) is 5.02 Å². The molecule has 0 amide bonds. The Balaban J connectivity index is 2.39. The summed E-state index contributed by atoms with van der Waals surface area (Å²) in [6.07, 6.45) is 2.30. The lowest BCUT2D eigenvalue weighted by Gasteiger charge is -2.13. The Hall–Kier alpha value is -1.61. The zero-order chi connectivity index (χ0) is 13.1. The second-order valence-electron chi connectivity index (χ2n) is 4.07. The van der Waals surface area contributed by atoms with Crippen LogP contribution in [0.3, 0.4) is 0 Å². The standard InChI is InChI=1S/C14H14ClFN2/c1-3-10-6-4-5-9(2)13(10)18-14-12(16)7-11(15)8-17-14/h4-8H,3H2,1-2H3,(H,17,18). The summed E-state index contributed by atoms with van der Waals surface area (Å²) in [7, 11) is 0. The van der Waals surface area contributed by atoms with Gasteiger partial charge in [-0.25, -0.2) is 9.37 Å². The minimum atomic E-state index is -0.451. The Labute approximate surface area is 111 Å². The molecule has 1 heterocycles. The number of aryl methyl sites for hydroxylation is 2. The number of aromatic nitrogens is 1. The predicted molar refractivity (Wildman–Crippen MR) is 73.0 cm³/mol. The molecule has 1 N–H and O–H groups in total. The first kappa shape index (κ1) is 12.8. The zero-order valence-corrected chi connectivity index (χ0v) is 11.1. The molecule has 2 rings (SSSR count). The molecule has 0 radical (unpaired) electrons. The van der Waals surface area contributed by atoms with Crippen molar-refractivity contribution in [2.75, 3.05) is 5.32 Å². The van der Waals surface area contributed by atoms with Crippen molar-refractivity contribution in [3.8, 4) is 0 Å². The van der Waals surface area contributed by atoms with Gasteiger partial charge in [0.2, 0.25) is 0 Å². The molecule has 2 nitrogen and oxygen atoms in total. The molecule has 18 heavy (non-hydrogen) atoms. The van der Waals surface area contributed by atoms with Gasteiger partial charge in [-0.2, -0.15) is 0 Å². The minimum absolute atomic E-state index is 0.198. The van der Waals surface area contributed by atoms with E-state index in [1.54, 1.807) is 0 Å². The van der Waals surface area contributed by atoms with Crippen LogP contribution in [0.1, 0.15) is 18.1 Å². The van der Waals surface area contributed by atoms with Crippen LogP contribution in [-0.2, 0) is 6.42 Å². The second kappa shape index (κ2) is 5.36. The van der Waals surface area contributed by atoms with Crippen LogP contribution in [0.15, 0.2) is 30.5 Å². The summed E-state index contributed by atoms with van der Waals surface area (Å²) in [4.78, 5) is 3.97. The number of para-hydroxylation sites is 1. The summed E-state index contributed by atoms with van der Waals surface area (Å²) in [5, 5.41) is 3.33. The van der Waals surface area contributed by atoms with E-state index in [-0.39, 0.29) is 5.82 Å². The molecule has 0 atom stereocenters. The smallest absolute Gasteiger partial charge is 0.167 e. The number of pyridine rings is 1. The number of benzene rings is 1. The van der Waals surface area contributed by atoms with Crippen molar-refractivity contribution in [3.63, 3.8) is 0 Å². The van der Waals surface area contributed by atoms with E-state index < -0.39 is 5.82 Å². The molecule has 1 aromatic heterocycles. The van der Waals surface area contributed by atoms with Crippen molar-refractivity contribution in [1.29, 1.82) is 0 Å². The van der Waals surface area contributed by atoms with Crippen LogP contribution in [0.25, 0.3) is 0 Å². The van der Waals surface area contributed by atoms with E-state index in [2.05, 4.69) is 17.2 Å². The molecule has 0 fully saturated rings. The maximum atomic E-state index is 13.7. The van der Waals surface area contributed by atoms with Gasteiger partial charge in [0.25, 0.3) is 0 Å². The average Bonchev–Trinajstić information content (AvgIpc) is 2.34. The van der Waals surface area contributed by atoms with E-state index in [0.717, 1.165) is 23.2 Å². The van der Waals surface area contributed by atoms with Crippen LogP contribution >= 0.6 is 11.6 Å². The van der Waals surface area contributed by atoms with Gasteiger partial charge in [-0.3, -0.25) is 0 Å². The van der Waals surface area contributed by atoms with Gasteiger partial charge in [-0.05, 0) is 30.5 Å². The van der Waals surface area contributed by atoms with Crippen LogP contribution < -0.4 is 5.32 Å². The molecule has 0 aliphatic rings. The highest BCUT2D eigenvalue weighted by Crippen LogP contribution is 2.26. The van der Waals surface area contributed by atoms with Gasteiger partial charge < -0.3 is 5.32 Å². The second-order valence-corrected chi connectivity index (χ2v) is 4.51. The highest BCUT2D eigenvalue weighted by molar-refractivity contribution is 6.30. The number of hydrogen-bond acceptors (Lipinski definition) is 2. The quantitative estimate of drug-likeness (QED) is 0.884. The van der Waals surface area contributed by atoms with Gasteiger partial charge in [0.1, 0.15) is 0 Å². The molecule has 0 bridgehead atoms. The average molecular weight is 265 g/mol. The predicted octanol–water partition coefficient (Wildman–Crippen LogP) is 4.49. The number of hydrogen-bond donors (Lipinski definition) is 1. The summed E-state index contributed by atoms with van der Waals surface area (Å²) in [6.45, 7) is 4.04. The van der Waals surface area contributed by atoms with Gasteiger partial charge in [0, 0.05) is 11.9 Å². The molecule has 94 valence electrons. The SMILES string of the molecule is CCc1cccc(C)c1Nc1ncc(Cl)cc1F. The lowest BCUT2D eigenvalue weighted by molar-refractivity contribution is 0.626. The largest absolute Gasteiger partial charge is 0.337 e. The number of anilines is 2. The molecular weight excluding hydrogens is 251 g/mol. The van der Waals surface area contributed by atoms with E-state index in [1.807, 2.05) is 25.1 Å². The molecule has 4 heteroatoms. The Kier molecular flexibility index (Phi) is 3.82. The molecule has 2 aromatic rings. The van der Waals surface area contributed by atoms with Gasteiger partial charge in [-0.15, -0.1) is 0 Å². The zero-order valence-electron chi connectivity index (χ0n) is 10.3.